The number of hydrogen-bond acceptors (Lipinski definition) is 3. The molecule has 0 rings (SSSR count). The van der Waals surface area contributed by atoms with Crippen molar-refractivity contribution < 1.29 is 8.42 Å². The fourth-order valence-corrected chi connectivity index (χ4v) is 4.55. The molecule has 0 aromatic carbocycles. The van der Waals surface area contributed by atoms with Gasteiger partial charge in [-0.05, 0) is 32.2 Å². The highest BCUT2D eigenvalue weighted by atomic mass is 32.2. The largest absolute Gasteiger partial charge is 0.316 e. The van der Waals surface area contributed by atoms with Gasteiger partial charge in [0.25, 0.3) is 0 Å². The van der Waals surface area contributed by atoms with Crippen molar-refractivity contribution in [3.05, 3.63) is 0 Å². The van der Waals surface area contributed by atoms with Crippen LogP contribution in [0.25, 0.3) is 0 Å². The fourth-order valence-electron chi connectivity index (χ4n) is 2.17. The minimum Gasteiger partial charge on any atom is -0.316 e. The molecule has 3 nitrogen and oxygen atoms in total. The van der Waals surface area contributed by atoms with Gasteiger partial charge >= 0.3 is 0 Å². The normalized spacial score (nSPS) is 16.1. The highest BCUT2D eigenvalue weighted by molar-refractivity contribution is 7.92. The molecule has 0 aliphatic rings. The molecule has 0 aromatic rings. The summed E-state index contributed by atoms with van der Waals surface area (Å²) < 4.78 is 24.6. The monoisotopic (exact) mass is 263 g/mol. The molecular weight excluding hydrogens is 234 g/mol. The summed E-state index contributed by atoms with van der Waals surface area (Å²) in [6.07, 6.45) is 3.41. The lowest BCUT2D eigenvalue weighted by Gasteiger charge is -2.26. The Morgan fingerprint density at radius 3 is 2.06 bits per heavy atom. The third kappa shape index (κ3) is 5.87. The molecule has 0 heterocycles. The standard InChI is InChI=1S/C13H29NO2S/c1-6-8-12(14-5)13(7-2)17(15,16)10-9-11(3)4/h11-14H,6-10H2,1-5H3. The highest BCUT2D eigenvalue weighted by Gasteiger charge is 2.30. The average molecular weight is 263 g/mol. The van der Waals surface area contributed by atoms with E-state index in [9.17, 15) is 8.42 Å². The molecule has 0 aromatic heterocycles. The number of hydrogen-bond donors (Lipinski definition) is 1. The lowest BCUT2D eigenvalue weighted by Crippen LogP contribution is -2.43. The Balaban J connectivity index is 4.71. The Hall–Kier alpha value is -0.0900. The van der Waals surface area contributed by atoms with Gasteiger partial charge in [0.1, 0.15) is 0 Å². The van der Waals surface area contributed by atoms with E-state index in [1.165, 1.54) is 0 Å². The lowest BCUT2D eigenvalue weighted by atomic mass is 10.1. The van der Waals surface area contributed by atoms with E-state index in [1.54, 1.807) is 0 Å². The summed E-state index contributed by atoms with van der Waals surface area (Å²) in [5.74, 6) is 0.770. The first-order chi connectivity index (χ1) is 7.88. The van der Waals surface area contributed by atoms with Gasteiger partial charge in [-0.15, -0.1) is 0 Å². The maximum atomic E-state index is 12.3. The molecule has 104 valence electrons. The van der Waals surface area contributed by atoms with Crippen LogP contribution >= 0.6 is 0 Å². The molecule has 0 radical (unpaired) electrons. The Kier molecular flexibility index (Phi) is 8.05. The van der Waals surface area contributed by atoms with Gasteiger partial charge in [-0.2, -0.15) is 0 Å². The summed E-state index contributed by atoms with van der Waals surface area (Å²) >= 11 is 0. The van der Waals surface area contributed by atoms with Crippen molar-refractivity contribution in [1.82, 2.24) is 5.32 Å². The van der Waals surface area contributed by atoms with Gasteiger partial charge in [-0.25, -0.2) is 8.42 Å². The van der Waals surface area contributed by atoms with Gasteiger partial charge in [0.05, 0.1) is 11.0 Å². The van der Waals surface area contributed by atoms with Crippen LogP contribution in [-0.4, -0.2) is 32.5 Å². The first-order valence-corrected chi connectivity index (χ1v) is 8.49. The van der Waals surface area contributed by atoms with Gasteiger partial charge in [0, 0.05) is 6.04 Å². The summed E-state index contributed by atoms with van der Waals surface area (Å²) in [6.45, 7) is 8.20. The van der Waals surface area contributed by atoms with Crippen molar-refractivity contribution in [3.63, 3.8) is 0 Å². The van der Waals surface area contributed by atoms with Crippen LogP contribution in [0.1, 0.15) is 53.4 Å². The summed E-state index contributed by atoms with van der Waals surface area (Å²) in [6, 6.07) is 0.0992. The van der Waals surface area contributed by atoms with Crippen LogP contribution in [0.15, 0.2) is 0 Å². The summed E-state index contributed by atoms with van der Waals surface area (Å²) in [5, 5.41) is 2.94. The molecule has 4 heteroatoms. The first kappa shape index (κ1) is 16.9. The predicted molar refractivity (Wildman–Crippen MR) is 75.1 cm³/mol. The zero-order chi connectivity index (χ0) is 13.5. The van der Waals surface area contributed by atoms with Crippen LogP contribution in [-0.2, 0) is 9.84 Å². The van der Waals surface area contributed by atoms with E-state index in [1.807, 2.05) is 14.0 Å². The van der Waals surface area contributed by atoms with Crippen molar-refractivity contribution >= 4 is 9.84 Å². The average Bonchev–Trinajstić information content (AvgIpc) is 2.26. The molecule has 0 saturated carbocycles. The zero-order valence-electron chi connectivity index (χ0n) is 12.0. The van der Waals surface area contributed by atoms with Gasteiger partial charge in [-0.3, -0.25) is 0 Å². The van der Waals surface area contributed by atoms with Crippen molar-refractivity contribution in [2.24, 2.45) is 5.92 Å². The van der Waals surface area contributed by atoms with Crippen LogP contribution < -0.4 is 5.32 Å². The van der Waals surface area contributed by atoms with E-state index in [2.05, 4.69) is 26.1 Å². The lowest BCUT2D eigenvalue weighted by molar-refractivity contribution is 0.461. The molecule has 0 spiro atoms. The molecule has 0 bridgehead atoms. The third-order valence-corrected chi connectivity index (χ3v) is 5.65. The Bertz CT molecular complexity index is 286. The van der Waals surface area contributed by atoms with Gasteiger partial charge in [-0.1, -0.05) is 34.1 Å². The molecule has 0 aliphatic heterocycles. The molecule has 0 amide bonds. The predicted octanol–water partition coefficient (Wildman–Crippen LogP) is 2.61. The van der Waals surface area contributed by atoms with E-state index in [-0.39, 0.29) is 11.3 Å². The molecule has 0 saturated heterocycles. The highest BCUT2D eigenvalue weighted by Crippen LogP contribution is 2.18. The maximum Gasteiger partial charge on any atom is 0.154 e. The van der Waals surface area contributed by atoms with E-state index >= 15 is 0 Å². The molecular formula is C13H29NO2S. The zero-order valence-corrected chi connectivity index (χ0v) is 12.8. The molecule has 17 heavy (non-hydrogen) atoms. The number of sulfone groups is 1. The van der Waals surface area contributed by atoms with E-state index in [0.29, 0.717) is 18.1 Å². The summed E-state index contributed by atoms with van der Waals surface area (Å²) in [7, 11) is -1.10. The number of rotatable bonds is 9. The smallest absolute Gasteiger partial charge is 0.154 e. The van der Waals surface area contributed by atoms with E-state index in [0.717, 1.165) is 19.3 Å². The van der Waals surface area contributed by atoms with Gasteiger partial charge in [0.2, 0.25) is 0 Å². The Labute approximate surface area is 107 Å². The van der Waals surface area contributed by atoms with Crippen LogP contribution in [0.5, 0.6) is 0 Å². The quantitative estimate of drug-likeness (QED) is 0.695. The van der Waals surface area contributed by atoms with Crippen LogP contribution in [0.3, 0.4) is 0 Å². The van der Waals surface area contributed by atoms with Crippen LogP contribution in [0, 0.1) is 5.92 Å². The van der Waals surface area contributed by atoms with Crippen LogP contribution in [0.4, 0.5) is 0 Å². The summed E-state index contributed by atoms with van der Waals surface area (Å²) in [4.78, 5) is 0. The minimum atomic E-state index is -2.96. The second kappa shape index (κ2) is 8.09. The Morgan fingerprint density at radius 2 is 1.71 bits per heavy atom. The molecule has 0 aliphatic carbocycles. The molecule has 2 atom stereocenters. The summed E-state index contributed by atoms with van der Waals surface area (Å²) in [5.41, 5.74) is 0. The minimum absolute atomic E-state index is 0.0992. The third-order valence-electron chi connectivity index (χ3n) is 3.26. The molecule has 1 N–H and O–H groups in total. The van der Waals surface area contributed by atoms with Crippen molar-refractivity contribution in [2.45, 2.75) is 64.7 Å². The second-order valence-electron chi connectivity index (χ2n) is 5.18. The SMILES string of the molecule is CCCC(NC)C(CC)S(=O)(=O)CCC(C)C. The fraction of sp³-hybridized carbons (Fsp3) is 1.00. The molecule has 2 unspecified atom stereocenters. The van der Waals surface area contributed by atoms with E-state index in [4.69, 9.17) is 0 Å². The topological polar surface area (TPSA) is 46.2 Å². The maximum absolute atomic E-state index is 12.3. The van der Waals surface area contributed by atoms with Crippen LogP contribution in [0.2, 0.25) is 0 Å². The van der Waals surface area contributed by atoms with Crippen molar-refractivity contribution in [1.29, 1.82) is 0 Å². The van der Waals surface area contributed by atoms with Crippen molar-refractivity contribution in [3.8, 4) is 0 Å². The molecule has 0 fully saturated rings. The first-order valence-electron chi connectivity index (χ1n) is 6.77. The van der Waals surface area contributed by atoms with Crippen molar-refractivity contribution in [2.75, 3.05) is 12.8 Å². The Morgan fingerprint density at radius 1 is 1.12 bits per heavy atom. The second-order valence-corrected chi connectivity index (χ2v) is 7.52. The number of nitrogens with one attached hydrogen (secondary N) is 1. The van der Waals surface area contributed by atoms with Gasteiger partial charge in [0.15, 0.2) is 9.84 Å². The van der Waals surface area contributed by atoms with Gasteiger partial charge < -0.3 is 5.32 Å². The van der Waals surface area contributed by atoms with E-state index < -0.39 is 9.84 Å².